The molecule has 0 aromatic carbocycles. The van der Waals surface area contributed by atoms with Gasteiger partial charge in [0, 0.05) is 18.2 Å². The van der Waals surface area contributed by atoms with Crippen molar-refractivity contribution in [3.8, 4) is 21.3 Å². The molecule has 0 aliphatic heterocycles. The van der Waals surface area contributed by atoms with Gasteiger partial charge in [0.15, 0.2) is 11.6 Å². The molecule has 0 spiro atoms. The van der Waals surface area contributed by atoms with Crippen molar-refractivity contribution in [1.29, 1.82) is 0 Å². The quantitative estimate of drug-likeness (QED) is 0.375. The molecule has 4 heterocycles. The Labute approximate surface area is 215 Å². The van der Waals surface area contributed by atoms with E-state index in [2.05, 4.69) is 30.4 Å². The zero-order valence-electron chi connectivity index (χ0n) is 20.6. The summed E-state index contributed by atoms with van der Waals surface area (Å²) in [6, 6.07) is 10.1. The molecule has 4 aromatic heterocycles. The number of H-pyrrole nitrogens is 2. The molecule has 1 saturated carbocycles. The highest BCUT2D eigenvalue weighted by molar-refractivity contribution is 7.18. The van der Waals surface area contributed by atoms with Crippen LogP contribution in [0.4, 0.5) is 15.0 Å². The number of nitrogens with one attached hydrogen (secondary N) is 2. The summed E-state index contributed by atoms with van der Waals surface area (Å²) in [6.07, 6.45) is 3.28. The smallest absolute Gasteiger partial charge is 0.416 e. The lowest BCUT2D eigenvalue weighted by molar-refractivity contribution is 0.0557. The van der Waals surface area contributed by atoms with Crippen LogP contribution in [0.2, 0.25) is 0 Å². The second kappa shape index (κ2) is 9.51. The molecule has 4 aromatic rings. The SMILES string of the molecule is CC(C)(C)OC(=O)N(CC1(c2ncccc2F)CCC1)c1ccc(-c2ccc(-c3n[nH]c(=O)[nH]3)s2)nn1. The summed E-state index contributed by atoms with van der Waals surface area (Å²) < 4.78 is 20.4. The van der Waals surface area contributed by atoms with E-state index < -0.39 is 17.1 Å². The number of pyridine rings is 1. The molecule has 12 heteroatoms. The Kier molecular flexibility index (Phi) is 6.36. The first-order valence-electron chi connectivity index (χ1n) is 11.8. The first kappa shape index (κ1) is 24.8. The first-order chi connectivity index (χ1) is 17.6. The number of halogens is 1. The molecule has 5 rings (SSSR count). The van der Waals surface area contributed by atoms with Crippen molar-refractivity contribution in [1.82, 2.24) is 30.4 Å². The lowest BCUT2D eigenvalue weighted by Gasteiger charge is -2.44. The number of carbonyl (C=O) groups excluding carboxylic acids is 1. The van der Waals surface area contributed by atoms with Gasteiger partial charge in [0.05, 0.1) is 15.4 Å². The molecule has 0 saturated heterocycles. The summed E-state index contributed by atoms with van der Waals surface area (Å²) in [4.78, 5) is 34.6. The Hall–Kier alpha value is -3.93. The predicted octanol–water partition coefficient (Wildman–Crippen LogP) is 4.68. The van der Waals surface area contributed by atoms with Gasteiger partial charge in [-0.25, -0.2) is 19.1 Å². The Morgan fingerprint density at radius 3 is 2.54 bits per heavy atom. The average molecular weight is 524 g/mol. The van der Waals surface area contributed by atoms with Crippen molar-refractivity contribution in [3.05, 3.63) is 64.6 Å². The van der Waals surface area contributed by atoms with Gasteiger partial charge in [-0.2, -0.15) is 5.10 Å². The average Bonchev–Trinajstić information content (AvgIpc) is 3.48. The van der Waals surface area contributed by atoms with Gasteiger partial charge in [0.25, 0.3) is 0 Å². The van der Waals surface area contributed by atoms with E-state index in [0.29, 0.717) is 35.9 Å². The van der Waals surface area contributed by atoms with Crippen LogP contribution in [-0.4, -0.2) is 48.6 Å². The third-order valence-corrected chi connectivity index (χ3v) is 7.28. The number of aromatic amines is 2. The van der Waals surface area contributed by atoms with Gasteiger partial charge >= 0.3 is 11.8 Å². The highest BCUT2D eigenvalue weighted by atomic mass is 32.1. The summed E-state index contributed by atoms with van der Waals surface area (Å²) >= 11 is 1.39. The Morgan fingerprint density at radius 2 is 1.95 bits per heavy atom. The van der Waals surface area contributed by atoms with Gasteiger partial charge in [-0.3, -0.25) is 14.9 Å². The molecule has 1 fully saturated rings. The molecule has 192 valence electrons. The van der Waals surface area contributed by atoms with E-state index >= 15 is 0 Å². The molecule has 0 atom stereocenters. The number of nitrogens with zero attached hydrogens (tertiary/aromatic N) is 5. The van der Waals surface area contributed by atoms with Crippen LogP contribution in [0.15, 0.2) is 47.4 Å². The number of anilines is 1. The second-order valence-corrected chi connectivity index (χ2v) is 11.1. The molecule has 1 amide bonds. The molecule has 2 N–H and O–H groups in total. The fourth-order valence-corrected chi connectivity index (χ4v) is 5.21. The van der Waals surface area contributed by atoms with E-state index in [-0.39, 0.29) is 18.1 Å². The highest BCUT2D eigenvalue weighted by Crippen LogP contribution is 2.45. The monoisotopic (exact) mass is 523 g/mol. The third kappa shape index (κ3) is 5.15. The number of carbonyl (C=O) groups is 1. The van der Waals surface area contributed by atoms with Gasteiger partial charge in [0.2, 0.25) is 0 Å². The van der Waals surface area contributed by atoms with Crippen LogP contribution in [0.1, 0.15) is 45.7 Å². The standard InChI is InChI=1S/C25H26FN7O3S/c1-24(2,3)36-23(35)33(14-25(11-5-12-25)20-15(26)6-4-13-27-20)19-10-7-16(29-30-19)17-8-9-18(37-17)21-28-22(34)32-31-21/h4,6-10,13H,5,11-12,14H2,1-3H3,(H2,28,31,32,34). The Balaban J connectivity index is 1.45. The minimum absolute atomic E-state index is 0.166. The topological polar surface area (TPSA) is 130 Å². The zero-order chi connectivity index (χ0) is 26.2. The number of thiophene rings is 1. The lowest BCUT2D eigenvalue weighted by atomic mass is 9.66. The van der Waals surface area contributed by atoms with Crippen molar-refractivity contribution in [3.63, 3.8) is 0 Å². The number of aromatic nitrogens is 6. The summed E-state index contributed by atoms with van der Waals surface area (Å²) in [5, 5.41) is 15.0. The Bertz CT molecular complexity index is 1470. The van der Waals surface area contributed by atoms with Crippen LogP contribution in [0.5, 0.6) is 0 Å². The number of ether oxygens (including phenoxy) is 1. The van der Waals surface area contributed by atoms with Crippen molar-refractivity contribution >= 4 is 23.2 Å². The van der Waals surface area contributed by atoms with Gasteiger partial charge in [-0.05, 0) is 70.0 Å². The minimum atomic E-state index is -0.730. The number of hydrogen-bond donors (Lipinski definition) is 2. The van der Waals surface area contributed by atoms with Crippen molar-refractivity contribution in [2.24, 2.45) is 0 Å². The van der Waals surface area contributed by atoms with Crippen LogP contribution in [0, 0.1) is 5.82 Å². The molecule has 0 unspecified atom stereocenters. The van der Waals surface area contributed by atoms with Crippen molar-refractivity contribution in [2.45, 2.75) is 51.0 Å². The predicted molar refractivity (Wildman–Crippen MR) is 137 cm³/mol. The van der Waals surface area contributed by atoms with Gasteiger partial charge in [-0.15, -0.1) is 21.5 Å². The molecule has 37 heavy (non-hydrogen) atoms. The van der Waals surface area contributed by atoms with E-state index in [1.807, 2.05) is 12.1 Å². The highest BCUT2D eigenvalue weighted by Gasteiger charge is 2.45. The summed E-state index contributed by atoms with van der Waals surface area (Å²) in [6.45, 7) is 5.53. The third-order valence-electron chi connectivity index (χ3n) is 6.17. The lowest BCUT2D eigenvalue weighted by Crippen LogP contribution is -2.50. The number of hydrogen-bond acceptors (Lipinski definition) is 8. The van der Waals surface area contributed by atoms with Crippen molar-refractivity contribution in [2.75, 3.05) is 11.4 Å². The molecule has 0 bridgehead atoms. The maximum absolute atomic E-state index is 14.7. The van der Waals surface area contributed by atoms with E-state index in [1.165, 1.54) is 22.3 Å². The fraction of sp³-hybridized carbons (Fsp3) is 0.360. The molecule has 1 aliphatic carbocycles. The second-order valence-electron chi connectivity index (χ2n) is 10.0. The zero-order valence-corrected chi connectivity index (χ0v) is 21.4. The number of amides is 1. The molecule has 1 aliphatic rings. The van der Waals surface area contributed by atoms with Crippen LogP contribution >= 0.6 is 11.3 Å². The Morgan fingerprint density at radius 1 is 1.16 bits per heavy atom. The van der Waals surface area contributed by atoms with Gasteiger partial charge in [0.1, 0.15) is 17.1 Å². The summed E-state index contributed by atoms with van der Waals surface area (Å²) in [5.41, 5.74) is -0.804. The van der Waals surface area contributed by atoms with Gasteiger partial charge < -0.3 is 4.74 Å². The number of rotatable bonds is 6. The molecule has 0 radical (unpaired) electrons. The van der Waals surface area contributed by atoms with Crippen LogP contribution in [0.3, 0.4) is 0 Å². The van der Waals surface area contributed by atoms with E-state index in [9.17, 15) is 14.0 Å². The normalized spacial score (nSPS) is 14.7. The minimum Gasteiger partial charge on any atom is -0.443 e. The maximum atomic E-state index is 14.7. The summed E-state index contributed by atoms with van der Waals surface area (Å²) in [7, 11) is 0. The molecule has 10 nitrogen and oxygen atoms in total. The van der Waals surface area contributed by atoms with Crippen LogP contribution in [0.25, 0.3) is 21.3 Å². The first-order valence-corrected chi connectivity index (χ1v) is 12.7. The maximum Gasteiger partial charge on any atom is 0.416 e. The fourth-order valence-electron chi connectivity index (χ4n) is 4.30. The summed E-state index contributed by atoms with van der Waals surface area (Å²) in [5.74, 6) is 0.350. The van der Waals surface area contributed by atoms with Crippen LogP contribution < -0.4 is 10.6 Å². The van der Waals surface area contributed by atoms with E-state index in [0.717, 1.165) is 16.2 Å². The van der Waals surface area contributed by atoms with E-state index in [4.69, 9.17) is 4.74 Å². The molecular formula is C25H26FN7O3S. The van der Waals surface area contributed by atoms with Gasteiger partial charge in [-0.1, -0.05) is 6.42 Å². The van der Waals surface area contributed by atoms with E-state index in [1.54, 1.807) is 45.2 Å². The van der Waals surface area contributed by atoms with Crippen LogP contribution in [-0.2, 0) is 10.2 Å². The molecular weight excluding hydrogens is 497 g/mol. The largest absolute Gasteiger partial charge is 0.443 e. The van der Waals surface area contributed by atoms with Crippen molar-refractivity contribution < 1.29 is 13.9 Å².